The molecule has 166 valence electrons. The highest BCUT2D eigenvalue weighted by molar-refractivity contribution is 5.81. The van der Waals surface area contributed by atoms with Crippen molar-refractivity contribution in [3.05, 3.63) is 12.7 Å². The Kier molecular flexibility index (Phi) is 5.71. The molecule has 4 rings (SSSR count). The van der Waals surface area contributed by atoms with Gasteiger partial charge in [-0.25, -0.2) is 15.0 Å². The Labute approximate surface area is 177 Å². The minimum absolute atomic E-state index is 0.139. The number of ether oxygens (including phenoxy) is 3. The van der Waals surface area contributed by atoms with Crippen molar-refractivity contribution >= 4 is 17.0 Å². The fourth-order valence-corrected chi connectivity index (χ4v) is 4.48. The first-order valence-corrected chi connectivity index (χ1v) is 10.6. The van der Waals surface area contributed by atoms with Crippen LogP contribution in [0.15, 0.2) is 12.7 Å². The summed E-state index contributed by atoms with van der Waals surface area (Å²) in [6.45, 7) is 11.4. The molecule has 2 fully saturated rings. The van der Waals surface area contributed by atoms with E-state index in [1.807, 2.05) is 25.5 Å². The summed E-state index contributed by atoms with van der Waals surface area (Å²) >= 11 is 0. The van der Waals surface area contributed by atoms with Crippen LogP contribution in [0.25, 0.3) is 11.2 Å². The van der Waals surface area contributed by atoms with Gasteiger partial charge in [-0.2, -0.15) is 0 Å². The van der Waals surface area contributed by atoms with Crippen LogP contribution in [0.3, 0.4) is 0 Å². The van der Waals surface area contributed by atoms with Crippen molar-refractivity contribution in [3.63, 3.8) is 0 Å². The number of anilines is 1. The minimum Gasteiger partial charge on any atom is -0.382 e. The first kappa shape index (κ1) is 21.4. The largest absolute Gasteiger partial charge is 0.382 e. The van der Waals surface area contributed by atoms with E-state index in [9.17, 15) is 0 Å². The van der Waals surface area contributed by atoms with Gasteiger partial charge in [-0.3, -0.25) is 9.47 Å². The lowest BCUT2D eigenvalue weighted by Crippen LogP contribution is -2.48. The quantitative estimate of drug-likeness (QED) is 0.603. The Morgan fingerprint density at radius 1 is 1.33 bits per heavy atom. The van der Waals surface area contributed by atoms with Crippen LogP contribution >= 0.6 is 0 Å². The Morgan fingerprint density at radius 2 is 2.13 bits per heavy atom. The van der Waals surface area contributed by atoms with E-state index in [4.69, 9.17) is 19.9 Å². The Morgan fingerprint density at radius 3 is 2.87 bits per heavy atom. The summed E-state index contributed by atoms with van der Waals surface area (Å²) in [7, 11) is 1.98. The second-order valence-electron chi connectivity index (χ2n) is 8.83. The third-order valence-corrected chi connectivity index (χ3v) is 5.91. The van der Waals surface area contributed by atoms with Crippen LogP contribution in [-0.2, 0) is 19.9 Å². The molecular formula is C20H33N7O3. The number of nitrogens with zero attached hydrogens (tertiary/aromatic N) is 5. The van der Waals surface area contributed by atoms with Crippen molar-refractivity contribution in [3.8, 4) is 0 Å². The van der Waals surface area contributed by atoms with Gasteiger partial charge in [0.05, 0.1) is 12.9 Å². The summed E-state index contributed by atoms with van der Waals surface area (Å²) in [5, 5.41) is 3.21. The van der Waals surface area contributed by atoms with Crippen LogP contribution in [-0.4, -0.2) is 81.7 Å². The van der Waals surface area contributed by atoms with Crippen LogP contribution in [0.2, 0.25) is 0 Å². The SMILES string of the molecule is CNCCCN(CC1OCC2(n3cnc4c(N)ncnc43)OC(C)(C)OC12)C(C)C. The summed E-state index contributed by atoms with van der Waals surface area (Å²) in [5.74, 6) is -0.410. The van der Waals surface area contributed by atoms with E-state index < -0.39 is 11.5 Å². The molecule has 10 nitrogen and oxygen atoms in total. The second-order valence-corrected chi connectivity index (χ2v) is 8.83. The van der Waals surface area contributed by atoms with Crippen LogP contribution < -0.4 is 11.1 Å². The number of nitrogen functional groups attached to an aromatic ring is 1. The molecule has 2 aliphatic rings. The van der Waals surface area contributed by atoms with E-state index in [0.29, 0.717) is 29.6 Å². The van der Waals surface area contributed by atoms with E-state index in [-0.39, 0.29) is 12.2 Å². The van der Waals surface area contributed by atoms with Gasteiger partial charge in [-0.1, -0.05) is 0 Å². The lowest BCUT2D eigenvalue weighted by Gasteiger charge is -2.31. The predicted molar refractivity (Wildman–Crippen MR) is 113 cm³/mol. The zero-order chi connectivity index (χ0) is 21.5. The number of nitrogens with two attached hydrogens (primary N) is 1. The van der Waals surface area contributed by atoms with Gasteiger partial charge in [0.1, 0.15) is 24.1 Å². The number of hydrogen-bond donors (Lipinski definition) is 2. The zero-order valence-electron chi connectivity index (χ0n) is 18.5. The molecular weight excluding hydrogens is 386 g/mol. The summed E-state index contributed by atoms with van der Waals surface area (Å²) in [6.07, 6.45) is 3.78. The number of imidazole rings is 1. The average molecular weight is 420 g/mol. The highest BCUT2D eigenvalue weighted by atomic mass is 16.8. The van der Waals surface area contributed by atoms with Crippen molar-refractivity contribution in [2.24, 2.45) is 0 Å². The van der Waals surface area contributed by atoms with Gasteiger partial charge in [0.15, 0.2) is 17.3 Å². The maximum Gasteiger partial charge on any atom is 0.203 e. The molecule has 2 aromatic heterocycles. The molecule has 2 saturated heterocycles. The molecule has 0 amide bonds. The van der Waals surface area contributed by atoms with Crippen LogP contribution in [0.1, 0.15) is 34.1 Å². The van der Waals surface area contributed by atoms with E-state index in [1.54, 1.807) is 6.33 Å². The first-order valence-electron chi connectivity index (χ1n) is 10.6. The summed E-state index contributed by atoms with van der Waals surface area (Å²) in [5.41, 5.74) is 6.32. The monoisotopic (exact) mass is 419 g/mol. The Hall–Kier alpha value is -1.85. The van der Waals surface area contributed by atoms with E-state index in [2.05, 4.69) is 39.0 Å². The second kappa shape index (κ2) is 8.01. The number of rotatable bonds is 8. The van der Waals surface area contributed by atoms with Gasteiger partial charge < -0.3 is 25.3 Å². The molecule has 10 heteroatoms. The lowest BCUT2D eigenvalue weighted by atomic mass is 10.0. The van der Waals surface area contributed by atoms with Crippen molar-refractivity contribution in [1.82, 2.24) is 29.7 Å². The number of nitrogens with one attached hydrogen (secondary N) is 1. The Bertz CT molecular complexity index is 886. The summed E-state index contributed by atoms with van der Waals surface area (Å²) in [4.78, 5) is 15.3. The molecule has 2 aliphatic heterocycles. The first-order chi connectivity index (χ1) is 14.3. The van der Waals surface area contributed by atoms with Crippen molar-refractivity contribution in [1.29, 1.82) is 0 Å². The number of aromatic nitrogens is 4. The van der Waals surface area contributed by atoms with Gasteiger partial charge in [-0.15, -0.1) is 0 Å². The molecule has 3 N–H and O–H groups in total. The average Bonchev–Trinajstić information content (AvgIpc) is 3.32. The fraction of sp³-hybridized carbons (Fsp3) is 0.750. The third kappa shape index (κ3) is 3.67. The number of fused-ring (bicyclic) bond motifs is 2. The molecule has 30 heavy (non-hydrogen) atoms. The lowest BCUT2D eigenvalue weighted by molar-refractivity contribution is -0.205. The van der Waals surface area contributed by atoms with E-state index >= 15 is 0 Å². The zero-order valence-corrected chi connectivity index (χ0v) is 18.5. The van der Waals surface area contributed by atoms with Gasteiger partial charge >= 0.3 is 0 Å². The van der Waals surface area contributed by atoms with Crippen LogP contribution in [0.5, 0.6) is 0 Å². The van der Waals surface area contributed by atoms with Crippen LogP contribution in [0, 0.1) is 0 Å². The predicted octanol–water partition coefficient (Wildman–Crippen LogP) is 0.932. The van der Waals surface area contributed by atoms with Gasteiger partial charge in [0, 0.05) is 12.6 Å². The smallest absolute Gasteiger partial charge is 0.203 e. The molecule has 0 bridgehead atoms. The molecule has 0 saturated carbocycles. The van der Waals surface area contributed by atoms with E-state index in [0.717, 1.165) is 26.1 Å². The minimum atomic E-state index is -0.850. The van der Waals surface area contributed by atoms with E-state index in [1.165, 1.54) is 6.33 Å². The van der Waals surface area contributed by atoms with Gasteiger partial charge in [0.25, 0.3) is 0 Å². The maximum atomic E-state index is 6.47. The van der Waals surface area contributed by atoms with Crippen LogP contribution in [0.4, 0.5) is 5.82 Å². The molecule has 2 aromatic rings. The highest BCUT2D eigenvalue weighted by Crippen LogP contribution is 2.47. The molecule has 0 aliphatic carbocycles. The maximum absolute atomic E-state index is 6.47. The summed E-state index contributed by atoms with van der Waals surface area (Å²) < 4.78 is 21.0. The highest BCUT2D eigenvalue weighted by Gasteiger charge is 2.63. The van der Waals surface area contributed by atoms with Gasteiger partial charge in [0.2, 0.25) is 5.72 Å². The van der Waals surface area contributed by atoms with Gasteiger partial charge in [-0.05, 0) is 54.3 Å². The third-order valence-electron chi connectivity index (χ3n) is 5.91. The molecule has 4 heterocycles. The molecule has 3 atom stereocenters. The molecule has 0 aromatic carbocycles. The Balaban J connectivity index is 1.64. The van der Waals surface area contributed by atoms with Crippen molar-refractivity contribution in [2.75, 3.05) is 39.0 Å². The fourth-order valence-electron chi connectivity index (χ4n) is 4.48. The molecule has 3 unspecified atom stereocenters. The topological polar surface area (TPSA) is 113 Å². The number of hydrogen-bond acceptors (Lipinski definition) is 9. The molecule has 0 radical (unpaired) electrons. The standard InChI is InChI=1S/C20H33N7O3/c1-13(2)26(8-6-7-22-5)9-14-16-20(10-28-14,30-19(3,4)29-16)27-12-25-15-17(21)23-11-24-18(15)27/h11-14,16,22H,6-10H2,1-5H3,(H2,21,23,24). The normalized spacial score (nSPS) is 28.1. The van der Waals surface area contributed by atoms with Crippen molar-refractivity contribution < 1.29 is 14.2 Å². The molecule has 0 spiro atoms. The summed E-state index contributed by atoms with van der Waals surface area (Å²) in [6, 6.07) is 0.400. The van der Waals surface area contributed by atoms with Crippen molar-refractivity contribution in [2.45, 2.75) is 63.9 Å².